The highest BCUT2D eigenvalue weighted by atomic mass is 19.1. The molecule has 3 N–H and O–H groups in total. The van der Waals surface area contributed by atoms with E-state index in [1.165, 1.54) is 43.5 Å². The van der Waals surface area contributed by atoms with Crippen LogP contribution >= 0.6 is 0 Å². The number of para-hydroxylation sites is 2. The lowest BCUT2D eigenvalue weighted by atomic mass is 10.2. The fraction of sp³-hybridized carbons (Fsp3) is 0.0455. The van der Waals surface area contributed by atoms with Crippen LogP contribution in [0.15, 0.2) is 77.0 Å². The summed E-state index contributed by atoms with van der Waals surface area (Å²) in [5.41, 5.74) is 7.03. The topological polar surface area (TPSA) is 89.1 Å². The van der Waals surface area contributed by atoms with Crippen LogP contribution in [0.25, 0.3) is 6.08 Å². The second kappa shape index (κ2) is 9.42. The summed E-state index contributed by atoms with van der Waals surface area (Å²) in [7, 11) is 1.42. The molecule has 0 fully saturated rings. The first kappa shape index (κ1) is 20.7. The number of rotatable bonds is 6. The monoisotopic (exact) mass is 408 g/mol. The first-order chi connectivity index (χ1) is 14.5. The highest BCUT2D eigenvalue weighted by molar-refractivity contribution is 6.03. The number of amides is 1. The molecule has 3 rings (SSSR count). The molecule has 3 aromatic carbocycles. The highest BCUT2D eigenvalue weighted by Gasteiger charge is 2.06. The molecular weight excluding hydrogens is 390 g/mol. The van der Waals surface area contributed by atoms with Gasteiger partial charge in [0.1, 0.15) is 17.1 Å². The Balaban J connectivity index is 1.68. The molecule has 0 unspecified atom stereocenters. The number of azo groups is 1. The Morgan fingerprint density at radius 2 is 1.67 bits per heavy atom. The van der Waals surface area contributed by atoms with Crippen LogP contribution in [0.1, 0.15) is 5.56 Å². The number of halogens is 2. The average molecular weight is 408 g/mol. The summed E-state index contributed by atoms with van der Waals surface area (Å²) < 4.78 is 33.1. The van der Waals surface area contributed by atoms with Crippen LogP contribution in [0, 0.1) is 11.6 Å². The van der Waals surface area contributed by atoms with Gasteiger partial charge in [0.05, 0.1) is 18.5 Å². The first-order valence-corrected chi connectivity index (χ1v) is 8.84. The van der Waals surface area contributed by atoms with Gasteiger partial charge in [-0.1, -0.05) is 18.2 Å². The number of methoxy groups -OCH3 is 1. The number of benzene rings is 3. The van der Waals surface area contributed by atoms with Crippen LogP contribution in [-0.2, 0) is 4.79 Å². The van der Waals surface area contributed by atoms with E-state index in [1.54, 1.807) is 30.3 Å². The first-order valence-electron chi connectivity index (χ1n) is 8.84. The predicted octanol–water partition coefficient (Wildman–Crippen LogP) is 5.62. The van der Waals surface area contributed by atoms with Gasteiger partial charge in [0, 0.05) is 12.1 Å². The number of nitrogens with two attached hydrogens (primary N) is 1. The predicted molar refractivity (Wildman–Crippen MR) is 112 cm³/mol. The lowest BCUT2D eigenvalue weighted by molar-refractivity contribution is -0.111. The number of nitrogen functional groups attached to an aromatic ring is 1. The van der Waals surface area contributed by atoms with Crippen LogP contribution in [0.4, 0.5) is 31.5 Å². The van der Waals surface area contributed by atoms with E-state index in [1.807, 2.05) is 0 Å². The minimum atomic E-state index is -0.664. The van der Waals surface area contributed by atoms with Crippen molar-refractivity contribution in [2.75, 3.05) is 18.2 Å². The van der Waals surface area contributed by atoms with Crippen molar-refractivity contribution in [1.82, 2.24) is 0 Å². The van der Waals surface area contributed by atoms with E-state index < -0.39 is 17.5 Å². The van der Waals surface area contributed by atoms with Crippen LogP contribution in [0.2, 0.25) is 0 Å². The Morgan fingerprint density at radius 1 is 1.00 bits per heavy atom. The number of ether oxygens (including phenoxy) is 1. The van der Waals surface area contributed by atoms with Crippen molar-refractivity contribution in [1.29, 1.82) is 0 Å². The van der Waals surface area contributed by atoms with Gasteiger partial charge in [0.15, 0.2) is 11.6 Å². The molecule has 0 atom stereocenters. The molecule has 8 heteroatoms. The van der Waals surface area contributed by atoms with Crippen molar-refractivity contribution in [3.63, 3.8) is 0 Å². The second-order valence-corrected chi connectivity index (χ2v) is 6.14. The van der Waals surface area contributed by atoms with E-state index in [0.29, 0.717) is 22.7 Å². The summed E-state index contributed by atoms with van der Waals surface area (Å²) in [6, 6.07) is 15.0. The number of hydrogen-bond donors (Lipinski definition) is 2. The molecule has 0 saturated carbocycles. The zero-order valence-electron chi connectivity index (χ0n) is 16.0. The molecule has 30 heavy (non-hydrogen) atoms. The summed E-state index contributed by atoms with van der Waals surface area (Å²) in [5.74, 6) is -1.37. The third kappa shape index (κ3) is 5.26. The zero-order chi connectivity index (χ0) is 21.5. The van der Waals surface area contributed by atoms with Crippen molar-refractivity contribution in [2.45, 2.75) is 0 Å². The zero-order valence-corrected chi connectivity index (χ0v) is 16.0. The smallest absolute Gasteiger partial charge is 0.248 e. The second-order valence-electron chi connectivity index (χ2n) is 6.14. The van der Waals surface area contributed by atoms with Crippen molar-refractivity contribution in [3.8, 4) is 5.75 Å². The van der Waals surface area contributed by atoms with Crippen LogP contribution in [-0.4, -0.2) is 13.0 Å². The van der Waals surface area contributed by atoms with E-state index in [0.717, 1.165) is 6.07 Å². The highest BCUT2D eigenvalue weighted by Crippen LogP contribution is 2.26. The van der Waals surface area contributed by atoms with Gasteiger partial charge in [-0.2, -0.15) is 0 Å². The molecule has 152 valence electrons. The Labute approximate surface area is 171 Å². The number of nitrogens with one attached hydrogen (secondary N) is 1. The number of carbonyl (C=O) groups is 1. The molecule has 0 spiro atoms. The van der Waals surface area contributed by atoms with Gasteiger partial charge >= 0.3 is 0 Å². The largest absolute Gasteiger partial charge is 0.497 e. The molecule has 0 heterocycles. The lowest BCUT2D eigenvalue weighted by Gasteiger charge is -2.05. The molecule has 0 radical (unpaired) electrons. The molecule has 6 nitrogen and oxygen atoms in total. The summed E-state index contributed by atoms with van der Waals surface area (Å²) in [6.45, 7) is 0. The van der Waals surface area contributed by atoms with Crippen molar-refractivity contribution in [3.05, 3.63) is 83.9 Å². The van der Waals surface area contributed by atoms with Gasteiger partial charge in [0.2, 0.25) is 5.91 Å². The van der Waals surface area contributed by atoms with Gasteiger partial charge in [-0.25, -0.2) is 8.78 Å². The Kier molecular flexibility index (Phi) is 6.49. The van der Waals surface area contributed by atoms with Crippen molar-refractivity contribution in [2.24, 2.45) is 10.2 Å². The van der Waals surface area contributed by atoms with E-state index in [9.17, 15) is 13.6 Å². The maximum Gasteiger partial charge on any atom is 0.248 e. The maximum atomic E-state index is 14.3. The van der Waals surface area contributed by atoms with Gasteiger partial charge in [-0.05, 0) is 48.0 Å². The molecule has 0 aliphatic rings. The Morgan fingerprint density at radius 3 is 2.30 bits per heavy atom. The number of anilines is 2. The molecule has 0 bridgehead atoms. The normalized spacial score (nSPS) is 11.2. The Hall–Kier alpha value is -4.07. The molecular formula is C22H18F2N4O2. The van der Waals surface area contributed by atoms with Crippen LogP contribution in [0.3, 0.4) is 0 Å². The molecule has 0 aliphatic carbocycles. The molecule has 0 aromatic heterocycles. The third-order valence-corrected chi connectivity index (χ3v) is 4.04. The van der Waals surface area contributed by atoms with E-state index >= 15 is 0 Å². The molecule has 0 saturated heterocycles. The number of nitrogens with zero attached hydrogens (tertiary/aromatic N) is 2. The minimum absolute atomic E-state index is 0.0453. The number of hydrogen-bond acceptors (Lipinski definition) is 5. The Bertz CT molecular complexity index is 1130. The van der Waals surface area contributed by atoms with Gasteiger partial charge < -0.3 is 15.8 Å². The summed E-state index contributed by atoms with van der Waals surface area (Å²) in [5, 5.41) is 10.1. The van der Waals surface area contributed by atoms with E-state index in [-0.39, 0.29) is 11.4 Å². The fourth-order valence-corrected chi connectivity index (χ4v) is 2.47. The van der Waals surface area contributed by atoms with Gasteiger partial charge in [-0.3, -0.25) is 4.79 Å². The van der Waals surface area contributed by atoms with Gasteiger partial charge in [-0.15, -0.1) is 10.2 Å². The van der Waals surface area contributed by atoms with Crippen molar-refractivity contribution >= 4 is 34.7 Å². The third-order valence-electron chi connectivity index (χ3n) is 4.04. The standard InChI is InChI=1S/C22H18F2N4O2/c1-30-15-8-10-20(17(24)13-15)28-27-19-9-6-14(12-16(19)23)7-11-22(29)26-21-5-3-2-4-18(21)25/h2-13H,25H2,1H3,(H,26,29)/b11-7+,28-27?. The fourth-order valence-electron chi connectivity index (χ4n) is 2.47. The van der Waals surface area contributed by atoms with Crippen LogP contribution in [0.5, 0.6) is 5.75 Å². The summed E-state index contributed by atoms with van der Waals surface area (Å²) >= 11 is 0. The van der Waals surface area contributed by atoms with Crippen molar-refractivity contribution < 1.29 is 18.3 Å². The lowest BCUT2D eigenvalue weighted by Crippen LogP contribution is -2.09. The maximum absolute atomic E-state index is 14.3. The minimum Gasteiger partial charge on any atom is -0.497 e. The van der Waals surface area contributed by atoms with E-state index in [4.69, 9.17) is 10.5 Å². The molecule has 3 aromatic rings. The summed E-state index contributed by atoms with van der Waals surface area (Å²) in [4.78, 5) is 12.0. The van der Waals surface area contributed by atoms with E-state index in [2.05, 4.69) is 15.5 Å². The molecule has 0 aliphatic heterocycles. The number of carbonyl (C=O) groups excluding carboxylic acids is 1. The average Bonchev–Trinajstić information content (AvgIpc) is 2.74. The summed E-state index contributed by atoms with van der Waals surface area (Å²) in [6.07, 6.45) is 2.71. The molecule has 1 amide bonds. The van der Waals surface area contributed by atoms with Gasteiger partial charge in [0.25, 0.3) is 0 Å². The SMILES string of the molecule is COc1ccc(N=Nc2ccc(/C=C/C(=O)Nc3ccccc3N)cc2F)c(F)c1. The van der Waals surface area contributed by atoms with Crippen LogP contribution < -0.4 is 15.8 Å². The quantitative estimate of drug-likeness (QED) is 0.315.